The molecule has 0 unspecified atom stereocenters. The largest absolute Gasteiger partial charge is 0.460 e. The zero-order valence-electron chi connectivity index (χ0n) is 11.1. The highest BCUT2D eigenvalue weighted by Gasteiger charge is 2.21. The number of rotatable bonds is 4. The first-order valence-corrected chi connectivity index (χ1v) is 5.42. The number of hydrogen-bond acceptors (Lipinski definition) is 4. The molecule has 0 spiro atoms. The number of amides is 1. The molecule has 0 aromatic rings. The van der Waals surface area contributed by atoms with Crippen LogP contribution in [0, 0.1) is 0 Å². The molecule has 0 saturated carbocycles. The van der Waals surface area contributed by atoms with Crippen LogP contribution in [-0.2, 0) is 14.3 Å². The van der Waals surface area contributed by atoms with Gasteiger partial charge in [0.1, 0.15) is 18.2 Å². The lowest BCUT2D eigenvalue weighted by Gasteiger charge is -2.21. The third-order valence-corrected chi connectivity index (χ3v) is 1.55. The monoisotopic (exact) mass is 243 g/mol. The molecular weight excluding hydrogens is 222 g/mol. The summed E-state index contributed by atoms with van der Waals surface area (Å²) in [6.45, 7) is 12.3. The summed E-state index contributed by atoms with van der Waals surface area (Å²) in [7, 11) is 0. The fraction of sp³-hybridized carbons (Fsp3) is 0.667. The van der Waals surface area contributed by atoms with E-state index in [2.05, 4.69) is 11.9 Å². The molecule has 1 atom stereocenters. The van der Waals surface area contributed by atoms with Crippen molar-refractivity contribution in [2.24, 2.45) is 0 Å². The molecule has 98 valence electrons. The Morgan fingerprint density at radius 2 is 1.88 bits per heavy atom. The highest BCUT2D eigenvalue weighted by molar-refractivity contribution is 5.81. The highest BCUT2D eigenvalue weighted by atomic mass is 16.6. The van der Waals surface area contributed by atoms with E-state index in [1.165, 1.54) is 6.92 Å². The molecule has 1 amide bonds. The smallest absolute Gasteiger partial charge is 0.408 e. The Morgan fingerprint density at radius 3 is 2.29 bits per heavy atom. The Bertz CT molecular complexity index is 304. The molecule has 0 aromatic heterocycles. The first kappa shape index (κ1) is 15.5. The topological polar surface area (TPSA) is 64.6 Å². The van der Waals surface area contributed by atoms with Gasteiger partial charge >= 0.3 is 12.1 Å². The second-order valence-corrected chi connectivity index (χ2v) is 4.93. The second-order valence-electron chi connectivity index (χ2n) is 4.93. The van der Waals surface area contributed by atoms with Crippen molar-refractivity contribution in [3.05, 3.63) is 12.2 Å². The Morgan fingerprint density at radius 1 is 1.35 bits per heavy atom. The number of nitrogens with one attached hydrogen (secondary N) is 1. The summed E-state index contributed by atoms with van der Waals surface area (Å²) in [5.41, 5.74) is 0.147. The first-order valence-electron chi connectivity index (χ1n) is 5.42. The quantitative estimate of drug-likeness (QED) is 0.606. The molecule has 1 N–H and O–H groups in total. The van der Waals surface area contributed by atoms with Crippen molar-refractivity contribution in [2.45, 2.75) is 46.3 Å². The van der Waals surface area contributed by atoms with E-state index in [4.69, 9.17) is 9.47 Å². The summed E-state index contributed by atoms with van der Waals surface area (Å²) >= 11 is 0. The van der Waals surface area contributed by atoms with E-state index >= 15 is 0 Å². The number of carbonyl (C=O) groups is 2. The minimum atomic E-state index is -0.746. The van der Waals surface area contributed by atoms with E-state index in [0.29, 0.717) is 0 Å². The van der Waals surface area contributed by atoms with Crippen LogP contribution < -0.4 is 5.32 Å². The van der Waals surface area contributed by atoms with Crippen LogP contribution in [0.3, 0.4) is 0 Å². The molecule has 17 heavy (non-hydrogen) atoms. The summed E-state index contributed by atoms with van der Waals surface area (Å²) in [4.78, 5) is 22.8. The van der Waals surface area contributed by atoms with Gasteiger partial charge in [0.05, 0.1) is 0 Å². The maximum atomic E-state index is 11.4. The molecule has 0 aliphatic rings. The van der Waals surface area contributed by atoms with Gasteiger partial charge in [0.25, 0.3) is 0 Å². The standard InChI is InChI=1S/C12H21NO4/c1-8(2)7-16-10(14)9(3)13-11(15)17-12(4,5)6/h9H,1,7H2,2-6H3,(H,13,15)/t9-/m0/s1. The maximum absolute atomic E-state index is 11.4. The van der Waals surface area contributed by atoms with E-state index in [1.807, 2.05) is 0 Å². The van der Waals surface area contributed by atoms with Gasteiger partial charge in [0, 0.05) is 0 Å². The Hall–Kier alpha value is -1.52. The van der Waals surface area contributed by atoms with Crippen LogP contribution in [0.25, 0.3) is 0 Å². The normalized spacial score (nSPS) is 12.5. The van der Waals surface area contributed by atoms with Crippen LogP contribution in [0.15, 0.2) is 12.2 Å². The molecule has 0 heterocycles. The van der Waals surface area contributed by atoms with E-state index < -0.39 is 23.7 Å². The van der Waals surface area contributed by atoms with Crippen LogP contribution in [-0.4, -0.2) is 30.3 Å². The van der Waals surface area contributed by atoms with Gasteiger partial charge in [-0.05, 0) is 40.2 Å². The highest BCUT2D eigenvalue weighted by Crippen LogP contribution is 2.06. The lowest BCUT2D eigenvalue weighted by Crippen LogP contribution is -2.42. The van der Waals surface area contributed by atoms with Crippen molar-refractivity contribution >= 4 is 12.1 Å². The molecule has 0 aromatic carbocycles. The number of hydrogen-bond donors (Lipinski definition) is 1. The van der Waals surface area contributed by atoms with Gasteiger partial charge in [-0.25, -0.2) is 9.59 Å². The molecule has 0 aliphatic heterocycles. The summed E-state index contributed by atoms with van der Waals surface area (Å²) in [5, 5.41) is 2.39. The summed E-state index contributed by atoms with van der Waals surface area (Å²) in [6, 6.07) is -0.746. The summed E-state index contributed by atoms with van der Waals surface area (Å²) in [5.74, 6) is -0.515. The van der Waals surface area contributed by atoms with Crippen molar-refractivity contribution < 1.29 is 19.1 Å². The van der Waals surface area contributed by atoms with Crippen LogP contribution in [0.4, 0.5) is 4.79 Å². The minimum absolute atomic E-state index is 0.152. The molecule has 0 aliphatic carbocycles. The van der Waals surface area contributed by atoms with Crippen LogP contribution in [0.2, 0.25) is 0 Å². The van der Waals surface area contributed by atoms with Crippen LogP contribution in [0.1, 0.15) is 34.6 Å². The average molecular weight is 243 g/mol. The van der Waals surface area contributed by atoms with Gasteiger partial charge in [-0.1, -0.05) is 6.58 Å². The maximum Gasteiger partial charge on any atom is 0.408 e. The van der Waals surface area contributed by atoms with Gasteiger partial charge in [0.15, 0.2) is 0 Å². The SMILES string of the molecule is C=C(C)COC(=O)[C@H](C)NC(=O)OC(C)(C)C. The van der Waals surface area contributed by atoms with Gasteiger partial charge < -0.3 is 14.8 Å². The zero-order valence-corrected chi connectivity index (χ0v) is 11.1. The van der Waals surface area contributed by atoms with Gasteiger partial charge in [0.2, 0.25) is 0 Å². The zero-order chi connectivity index (χ0) is 13.6. The lowest BCUT2D eigenvalue weighted by atomic mass is 10.2. The third kappa shape index (κ3) is 8.30. The molecule has 0 radical (unpaired) electrons. The van der Waals surface area contributed by atoms with Crippen LogP contribution >= 0.6 is 0 Å². The first-order chi connectivity index (χ1) is 7.61. The van der Waals surface area contributed by atoms with Crippen molar-refractivity contribution in [2.75, 3.05) is 6.61 Å². The van der Waals surface area contributed by atoms with Crippen molar-refractivity contribution in [3.63, 3.8) is 0 Å². The molecule has 0 saturated heterocycles. The predicted molar refractivity (Wildman–Crippen MR) is 64.6 cm³/mol. The predicted octanol–water partition coefficient (Wildman–Crippen LogP) is 2.02. The molecule has 5 heteroatoms. The van der Waals surface area contributed by atoms with Gasteiger partial charge in [-0.3, -0.25) is 0 Å². The van der Waals surface area contributed by atoms with E-state index in [9.17, 15) is 9.59 Å². The van der Waals surface area contributed by atoms with Gasteiger partial charge in [-0.15, -0.1) is 0 Å². The molecule has 0 bridgehead atoms. The molecule has 0 rings (SSSR count). The van der Waals surface area contributed by atoms with E-state index in [0.717, 1.165) is 5.57 Å². The summed E-state index contributed by atoms with van der Waals surface area (Å²) in [6.07, 6.45) is -0.641. The Labute approximate surface area is 102 Å². The Kier molecular flexibility index (Phi) is 5.71. The second kappa shape index (κ2) is 6.27. The number of alkyl carbamates (subject to hydrolysis) is 1. The van der Waals surface area contributed by atoms with Crippen LogP contribution in [0.5, 0.6) is 0 Å². The van der Waals surface area contributed by atoms with Crippen molar-refractivity contribution in [1.29, 1.82) is 0 Å². The number of ether oxygens (including phenoxy) is 2. The van der Waals surface area contributed by atoms with E-state index in [-0.39, 0.29) is 6.61 Å². The van der Waals surface area contributed by atoms with Gasteiger partial charge in [-0.2, -0.15) is 0 Å². The summed E-state index contributed by atoms with van der Waals surface area (Å²) < 4.78 is 9.90. The van der Waals surface area contributed by atoms with E-state index in [1.54, 1.807) is 27.7 Å². The minimum Gasteiger partial charge on any atom is -0.460 e. The fourth-order valence-corrected chi connectivity index (χ4v) is 0.863. The van der Waals surface area contributed by atoms with Crippen molar-refractivity contribution in [1.82, 2.24) is 5.32 Å². The molecule has 0 fully saturated rings. The lowest BCUT2D eigenvalue weighted by molar-refractivity contribution is -0.144. The molecular formula is C12H21NO4. The third-order valence-electron chi connectivity index (χ3n) is 1.55. The number of carbonyl (C=O) groups excluding carboxylic acids is 2. The van der Waals surface area contributed by atoms with Crippen molar-refractivity contribution in [3.8, 4) is 0 Å². The molecule has 5 nitrogen and oxygen atoms in total. The fourth-order valence-electron chi connectivity index (χ4n) is 0.863. The average Bonchev–Trinajstić information content (AvgIpc) is 2.10. The number of esters is 1. The Balaban J connectivity index is 4.08.